The van der Waals surface area contributed by atoms with E-state index in [1.807, 2.05) is 0 Å². The van der Waals surface area contributed by atoms with Gasteiger partial charge in [0.1, 0.15) is 0 Å². The molecule has 1 aliphatic rings. The Morgan fingerprint density at radius 3 is 2.96 bits per heavy atom. The molecule has 0 radical (unpaired) electrons. The van der Waals surface area contributed by atoms with Gasteiger partial charge in [0, 0.05) is 24.7 Å². The number of nitrogens with one attached hydrogen (secondary N) is 1. The zero-order valence-electron chi connectivity index (χ0n) is 12.3. The number of amides is 1. The summed E-state index contributed by atoms with van der Waals surface area (Å²) in [5, 5.41) is 21.3. The van der Waals surface area contributed by atoms with Gasteiger partial charge < -0.3 is 11.1 Å². The summed E-state index contributed by atoms with van der Waals surface area (Å²) in [7, 11) is 0. The summed E-state index contributed by atoms with van der Waals surface area (Å²) in [6.45, 7) is 0.384. The second-order valence-corrected chi connectivity index (χ2v) is 5.48. The molecule has 0 spiro atoms. The number of benzene rings is 1. The average molecular weight is 316 g/mol. The SMILES string of the molecule is NCC(NC(=O)c1cn(-c2cccc([N+](=O)[O-])c2)nn1)C1CC1. The van der Waals surface area contributed by atoms with Crippen LogP contribution in [0.2, 0.25) is 0 Å². The smallest absolute Gasteiger partial charge is 0.273 e. The molecule has 1 amide bonds. The molecule has 1 heterocycles. The number of aromatic nitrogens is 3. The highest BCUT2D eigenvalue weighted by atomic mass is 16.6. The number of nitro groups is 1. The lowest BCUT2D eigenvalue weighted by Crippen LogP contribution is -2.41. The second-order valence-electron chi connectivity index (χ2n) is 5.48. The van der Waals surface area contributed by atoms with E-state index in [4.69, 9.17) is 5.73 Å². The van der Waals surface area contributed by atoms with E-state index in [1.54, 1.807) is 12.1 Å². The van der Waals surface area contributed by atoms with Crippen LogP contribution in [0.15, 0.2) is 30.5 Å². The van der Waals surface area contributed by atoms with E-state index in [0.717, 1.165) is 12.8 Å². The first kappa shape index (κ1) is 15.1. The molecule has 1 fully saturated rings. The molecule has 1 aromatic carbocycles. The Morgan fingerprint density at radius 1 is 1.52 bits per heavy atom. The summed E-state index contributed by atoms with van der Waals surface area (Å²) >= 11 is 0. The van der Waals surface area contributed by atoms with Crippen LogP contribution in [0.4, 0.5) is 5.69 Å². The molecular weight excluding hydrogens is 300 g/mol. The molecule has 0 aliphatic heterocycles. The Balaban J connectivity index is 1.76. The number of non-ortho nitro benzene ring substituents is 1. The molecule has 120 valence electrons. The number of nitrogens with zero attached hydrogens (tertiary/aromatic N) is 4. The quantitative estimate of drug-likeness (QED) is 0.594. The maximum absolute atomic E-state index is 12.2. The van der Waals surface area contributed by atoms with E-state index in [-0.39, 0.29) is 23.3 Å². The van der Waals surface area contributed by atoms with E-state index in [1.165, 1.54) is 23.0 Å². The monoisotopic (exact) mass is 316 g/mol. The molecule has 9 heteroatoms. The van der Waals surface area contributed by atoms with Crippen molar-refractivity contribution in [1.29, 1.82) is 0 Å². The first-order valence-electron chi connectivity index (χ1n) is 7.26. The highest BCUT2D eigenvalue weighted by Crippen LogP contribution is 2.32. The van der Waals surface area contributed by atoms with E-state index in [9.17, 15) is 14.9 Å². The van der Waals surface area contributed by atoms with Gasteiger partial charge in [0.25, 0.3) is 11.6 Å². The number of hydrogen-bond acceptors (Lipinski definition) is 6. The standard InChI is InChI=1S/C14H16N6O3/c15-7-12(9-4-5-9)16-14(21)13-8-19(18-17-13)10-2-1-3-11(6-10)20(22)23/h1-3,6,8-9,12H,4-5,7,15H2,(H,16,21). The number of nitrogens with two attached hydrogens (primary N) is 1. The molecule has 1 aromatic heterocycles. The molecule has 9 nitrogen and oxygen atoms in total. The average Bonchev–Trinajstić information content (AvgIpc) is 3.28. The lowest BCUT2D eigenvalue weighted by atomic mass is 10.2. The van der Waals surface area contributed by atoms with Crippen LogP contribution in [0.1, 0.15) is 23.3 Å². The zero-order valence-corrected chi connectivity index (χ0v) is 12.3. The van der Waals surface area contributed by atoms with Gasteiger partial charge in [0.2, 0.25) is 0 Å². The third-order valence-electron chi connectivity index (χ3n) is 3.79. The van der Waals surface area contributed by atoms with Crippen molar-refractivity contribution in [2.75, 3.05) is 6.54 Å². The molecule has 23 heavy (non-hydrogen) atoms. The minimum Gasteiger partial charge on any atom is -0.346 e. The first-order chi connectivity index (χ1) is 11.1. The van der Waals surface area contributed by atoms with Crippen molar-refractivity contribution >= 4 is 11.6 Å². The van der Waals surface area contributed by atoms with Crippen LogP contribution in [0, 0.1) is 16.0 Å². The Bertz CT molecular complexity index is 740. The van der Waals surface area contributed by atoms with Crippen molar-refractivity contribution < 1.29 is 9.72 Å². The summed E-state index contributed by atoms with van der Waals surface area (Å²) in [6, 6.07) is 5.90. The summed E-state index contributed by atoms with van der Waals surface area (Å²) in [5.41, 5.74) is 6.22. The van der Waals surface area contributed by atoms with Crippen LogP contribution < -0.4 is 11.1 Å². The molecular formula is C14H16N6O3. The zero-order chi connectivity index (χ0) is 16.4. The Kier molecular flexibility index (Phi) is 4.02. The van der Waals surface area contributed by atoms with Gasteiger partial charge in [-0.2, -0.15) is 0 Å². The molecule has 1 aliphatic carbocycles. The van der Waals surface area contributed by atoms with Gasteiger partial charge >= 0.3 is 0 Å². The predicted molar refractivity (Wildman–Crippen MR) is 81.0 cm³/mol. The van der Waals surface area contributed by atoms with E-state index in [0.29, 0.717) is 18.2 Å². The van der Waals surface area contributed by atoms with Crippen molar-refractivity contribution in [3.8, 4) is 5.69 Å². The Hall–Kier alpha value is -2.81. The number of carbonyl (C=O) groups excluding carboxylic acids is 1. The summed E-state index contributed by atoms with van der Waals surface area (Å²) in [6.07, 6.45) is 3.58. The summed E-state index contributed by atoms with van der Waals surface area (Å²) in [5.74, 6) is 0.0970. The fourth-order valence-corrected chi connectivity index (χ4v) is 2.35. The van der Waals surface area contributed by atoms with Crippen LogP contribution in [0.5, 0.6) is 0 Å². The molecule has 1 saturated carbocycles. The number of rotatable bonds is 6. The largest absolute Gasteiger partial charge is 0.346 e. The summed E-state index contributed by atoms with van der Waals surface area (Å²) < 4.78 is 1.33. The summed E-state index contributed by atoms with van der Waals surface area (Å²) in [4.78, 5) is 22.5. The highest BCUT2D eigenvalue weighted by Gasteiger charge is 2.31. The van der Waals surface area contributed by atoms with E-state index in [2.05, 4.69) is 15.6 Å². The third-order valence-corrected chi connectivity index (χ3v) is 3.79. The fourth-order valence-electron chi connectivity index (χ4n) is 2.35. The molecule has 1 atom stereocenters. The lowest BCUT2D eigenvalue weighted by Gasteiger charge is -2.14. The Morgan fingerprint density at radius 2 is 2.30 bits per heavy atom. The van der Waals surface area contributed by atoms with Crippen LogP contribution in [0.3, 0.4) is 0 Å². The normalized spacial score (nSPS) is 15.2. The Labute approximate surface area is 131 Å². The number of nitro benzene ring substituents is 1. The van der Waals surface area contributed by atoms with Gasteiger partial charge in [0.15, 0.2) is 5.69 Å². The molecule has 0 bridgehead atoms. The van der Waals surface area contributed by atoms with Crippen LogP contribution >= 0.6 is 0 Å². The fraction of sp³-hybridized carbons (Fsp3) is 0.357. The maximum atomic E-state index is 12.2. The van der Waals surface area contributed by atoms with Crippen molar-refractivity contribution in [1.82, 2.24) is 20.3 Å². The number of hydrogen-bond donors (Lipinski definition) is 2. The predicted octanol–water partition coefficient (Wildman–Crippen LogP) is 0.643. The molecule has 1 unspecified atom stereocenters. The molecule has 3 N–H and O–H groups in total. The topological polar surface area (TPSA) is 129 Å². The minimum atomic E-state index is -0.491. The minimum absolute atomic E-state index is 0.0505. The molecule has 0 saturated heterocycles. The first-order valence-corrected chi connectivity index (χ1v) is 7.26. The van der Waals surface area contributed by atoms with Gasteiger partial charge in [-0.15, -0.1) is 5.10 Å². The van der Waals surface area contributed by atoms with Crippen LogP contribution in [-0.4, -0.2) is 38.4 Å². The third kappa shape index (κ3) is 3.34. The van der Waals surface area contributed by atoms with Gasteiger partial charge in [-0.05, 0) is 24.8 Å². The maximum Gasteiger partial charge on any atom is 0.273 e. The van der Waals surface area contributed by atoms with E-state index >= 15 is 0 Å². The van der Waals surface area contributed by atoms with Gasteiger partial charge in [-0.1, -0.05) is 11.3 Å². The van der Waals surface area contributed by atoms with Crippen LogP contribution in [0.25, 0.3) is 5.69 Å². The molecule has 2 aromatic rings. The van der Waals surface area contributed by atoms with Crippen molar-refractivity contribution in [3.63, 3.8) is 0 Å². The van der Waals surface area contributed by atoms with Gasteiger partial charge in [-0.3, -0.25) is 14.9 Å². The van der Waals surface area contributed by atoms with Crippen molar-refractivity contribution in [2.45, 2.75) is 18.9 Å². The van der Waals surface area contributed by atoms with Crippen molar-refractivity contribution in [3.05, 3.63) is 46.3 Å². The van der Waals surface area contributed by atoms with Crippen LogP contribution in [-0.2, 0) is 0 Å². The van der Waals surface area contributed by atoms with Crippen molar-refractivity contribution in [2.24, 2.45) is 11.7 Å². The highest BCUT2D eigenvalue weighted by molar-refractivity contribution is 5.92. The second kappa shape index (κ2) is 6.13. The number of carbonyl (C=O) groups is 1. The van der Waals surface area contributed by atoms with Gasteiger partial charge in [0.05, 0.1) is 16.8 Å². The van der Waals surface area contributed by atoms with E-state index < -0.39 is 4.92 Å². The molecule has 3 rings (SSSR count). The lowest BCUT2D eigenvalue weighted by molar-refractivity contribution is -0.384. The van der Waals surface area contributed by atoms with Gasteiger partial charge in [-0.25, -0.2) is 4.68 Å².